The van der Waals surface area contributed by atoms with Crippen LogP contribution in [0.2, 0.25) is 0 Å². The summed E-state index contributed by atoms with van der Waals surface area (Å²) < 4.78 is 4.51. The lowest BCUT2D eigenvalue weighted by atomic mass is 10.1. The van der Waals surface area contributed by atoms with Gasteiger partial charge in [0.1, 0.15) is 4.83 Å². The van der Waals surface area contributed by atoms with Crippen LogP contribution < -0.4 is 5.32 Å². The average molecular weight is 280 g/mol. The fourth-order valence-electron chi connectivity index (χ4n) is 0.923. The molecule has 1 unspecified atom stereocenters. The van der Waals surface area contributed by atoms with Crippen molar-refractivity contribution in [2.24, 2.45) is 5.92 Å². The van der Waals surface area contributed by atoms with Gasteiger partial charge in [-0.25, -0.2) is 0 Å². The number of carbonyl (C=O) groups is 2. The number of rotatable bonds is 6. The van der Waals surface area contributed by atoms with E-state index in [1.54, 1.807) is 0 Å². The lowest BCUT2D eigenvalue weighted by molar-refractivity contribution is -0.139. The van der Waals surface area contributed by atoms with Crippen molar-refractivity contribution in [2.75, 3.05) is 13.7 Å². The summed E-state index contributed by atoms with van der Waals surface area (Å²) in [5.41, 5.74) is 0. The maximum absolute atomic E-state index is 11.3. The Morgan fingerprint density at radius 3 is 2.47 bits per heavy atom. The number of esters is 1. The van der Waals surface area contributed by atoms with Crippen LogP contribution in [0.1, 0.15) is 26.7 Å². The minimum Gasteiger partial charge on any atom is -0.468 e. The lowest BCUT2D eigenvalue weighted by Crippen LogP contribution is -2.33. The zero-order chi connectivity index (χ0) is 11.8. The van der Waals surface area contributed by atoms with E-state index in [-0.39, 0.29) is 18.4 Å². The number of halogens is 1. The van der Waals surface area contributed by atoms with Crippen molar-refractivity contribution in [1.29, 1.82) is 0 Å². The molecule has 1 atom stereocenters. The molecule has 88 valence electrons. The van der Waals surface area contributed by atoms with Gasteiger partial charge in [-0.3, -0.25) is 9.59 Å². The van der Waals surface area contributed by atoms with Crippen LogP contribution in [0.3, 0.4) is 0 Å². The minimum absolute atomic E-state index is 0.0305. The first kappa shape index (κ1) is 14.4. The minimum atomic E-state index is -0.467. The fourth-order valence-corrected chi connectivity index (χ4v) is 1.27. The van der Waals surface area contributed by atoms with Crippen molar-refractivity contribution in [2.45, 2.75) is 31.5 Å². The lowest BCUT2D eigenvalue weighted by Gasteiger charge is -2.09. The molecule has 0 saturated heterocycles. The number of alkyl halides is 1. The van der Waals surface area contributed by atoms with Crippen molar-refractivity contribution < 1.29 is 14.3 Å². The molecule has 0 saturated carbocycles. The number of hydrogen-bond acceptors (Lipinski definition) is 3. The highest BCUT2D eigenvalue weighted by Crippen LogP contribution is 2.04. The predicted octanol–water partition coefficient (Wildman–Crippen LogP) is 1.48. The molecular weight excluding hydrogens is 262 g/mol. The van der Waals surface area contributed by atoms with Gasteiger partial charge in [0, 0.05) is 13.0 Å². The van der Waals surface area contributed by atoms with Crippen LogP contribution in [-0.2, 0) is 14.3 Å². The van der Waals surface area contributed by atoms with E-state index in [1.807, 2.05) is 0 Å². The molecule has 0 aliphatic carbocycles. The van der Waals surface area contributed by atoms with Crippen molar-refractivity contribution in [3.05, 3.63) is 0 Å². The number of nitrogens with one attached hydrogen (secondary N) is 1. The highest BCUT2D eigenvalue weighted by molar-refractivity contribution is 9.10. The average Bonchev–Trinajstić information content (AvgIpc) is 2.21. The highest BCUT2D eigenvalue weighted by Gasteiger charge is 2.15. The molecule has 0 bridgehead atoms. The molecular formula is C10H18BrNO3. The van der Waals surface area contributed by atoms with Crippen molar-refractivity contribution in [3.63, 3.8) is 0 Å². The van der Waals surface area contributed by atoms with Crippen molar-refractivity contribution >= 4 is 27.8 Å². The van der Waals surface area contributed by atoms with Crippen LogP contribution in [0.4, 0.5) is 0 Å². The summed E-state index contributed by atoms with van der Waals surface area (Å²) in [6.45, 7) is 4.40. The second-order valence-electron chi connectivity index (χ2n) is 3.73. The van der Waals surface area contributed by atoms with E-state index in [9.17, 15) is 9.59 Å². The second-order valence-corrected chi connectivity index (χ2v) is 4.83. The predicted molar refractivity (Wildman–Crippen MR) is 61.8 cm³/mol. The smallest absolute Gasteiger partial charge is 0.321 e. The molecule has 0 aromatic rings. The molecule has 0 spiro atoms. The number of methoxy groups -OCH3 is 1. The summed E-state index contributed by atoms with van der Waals surface area (Å²) in [4.78, 5) is 21.8. The Hall–Kier alpha value is -0.580. The van der Waals surface area contributed by atoms with E-state index in [2.05, 4.69) is 39.8 Å². The molecule has 5 heteroatoms. The van der Waals surface area contributed by atoms with E-state index in [1.165, 1.54) is 7.11 Å². The van der Waals surface area contributed by atoms with E-state index in [0.717, 1.165) is 6.42 Å². The zero-order valence-electron chi connectivity index (χ0n) is 9.38. The SMILES string of the molecule is COC(=O)C(Br)CNC(=O)CCC(C)C. The number of carbonyl (C=O) groups excluding carboxylic acids is 2. The van der Waals surface area contributed by atoms with Crippen LogP contribution in [0.5, 0.6) is 0 Å². The standard InChI is InChI=1S/C10H18BrNO3/c1-7(2)4-5-9(13)12-6-8(11)10(14)15-3/h7-8H,4-6H2,1-3H3,(H,12,13). The maximum Gasteiger partial charge on any atom is 0.321 e. The largest absolute Gasteiger partial charge is 0.468 e. The molecule has 0 aliphatic heterocycles. The monoisotopic (exact) mass is 279 g/mol. The molecule has 0 fully saturated rings. The van der Waals surface area contributed by atoms with Gasteiger partial charge in [-0.15, -0.1) is 0 Å². The van der Waals surface area contributed by atoms with Gasteiger partial charge in [0.05, 0.1) is 7.11 Å². The first-order valence-corrected chi connectivity index (χ1v) is 5.87. The van der Waals surface area contributed by atoms with Crippen LogP contribution in [-0.4, -0.2) is 30.4 Å². The van der Waals surface area contributed by atoms with Crippen LogP contribution in [0.25, 0.3) is 0 Å². The van der Waals surface area contributed by atoms with Gasteiger partial charge in [0.15, 0.2) is 0 Å². The molecule has 0 heterocycles. The summed E-state index contributed by atoms with van der Waals surface area (Å²) in [5.74, 6) is 0.104. The van der Waals surface area contributed by atoms with Crippen LogP contribution >= 0.6 is 15.9 Å². The van der Waals surface area contributed by atoms with Crippen molar-refractivity contribution in [1.82, 2.24) is 5.32 Å². The van der Waals surface area contributed by atoms with E-state index < -0.39 is 4.83 Å². The topological polar surface area (TPSA) is 55.4 Å². The normalized spacial score (nSPS) is 12.3. The molecule has 0 aromatic heterocycles. The Morgan fingerprint density at radius 1 is 1.40 bits per heavy atom. The summed E-state index contributed by atoms with van der Waals surface area (Å²) in [7, 11) is 1.32. The van der Waals surface area contributed by atoms with Gasteiger partial charge in [0.25, 0.3) is 0 Å². The van der Waals surface area contributed by atoms with Gasteiger partial charge in [0.2, 0.25) is 5.91 Å². The summed E-state index contributed by atoms with van der Waals surface area (Å²) in [5, 5.41) is 2.67. The molecule has 1 amide bonds. The zero-order valence-corrected chi connectivity index (χ0v) is 11.0. The van der Waals surface area contributed by atoms with Crippen molar-refractivity contribution in [3.8, 4) is 0 Å². The first-order chi connectivity index (χ1) is 6.97. The Kier molecular flexibility index (Phi) is 7.38. The molecule has 15 heavy (non-hydrogen) atoms. The quantitative estimate of drug-likeness (QED) is 0.592. The second kappa shape index (κ2) is 7.68. The Bertz CT molecular complexity index is 219. The maximum atomic E-state index is 11.3. The Morgan fingerprint density at radius 2 is 2.00 bits per heavy atom. The highest BCUT2D eigenvalue weighted by atomic mass is 79.9. The van der Waals surface area contributed by atoms with Gasteiger partial charge < -0.3 is 10.1 Å². The van der Waals surface area contributed by atoms with E-state index >= 15 is 0 Å². The summed E-state index contributed by atoms with van der Waals surface area (Å²) in [6, 6.07) is 0. The fraction of sp³-hybridized carbons (Fsp3) is 0.800. The number of ether oxygens (including phenoxy) is 1. The van der Waals surface area contributed by atoms with Gasteiger partial charge in [-0.2, -0.15) is 0 Å². The summed E-state index contributed by atoms with van der Waals surface area (Å²) in [6.07, 6.45) is 1.36. The molecule has 0 aliphatic rings. The summed E-state index contributed by atoms with van der Waals surface area (Å²) >= 11 is 3.12. The Balaban J connectivity index is 3.66. The van der Waals surface area contributed by atoms with Gasteiger partial charge in [-0.05, 0) is 12.3 Å². The first-order valence-electron chi connectivity index (χ1n) is 4.96. The molecule has 0 radical (unpaired) electrons. The third kappa shape index (κ3) is 7.36. The van der Waals surface area contributed by atoms with Gasteiger partial charge >= 0.3 is 5.97 Å². The van der Waals surface area contributed by atoms with Crippen LogP contribution in [0.15, 0.2) is 0 Å². The van der Waals surface area contributed by atoms with Gasteiger partial charge in [-0.1, -0.05) is 29.8 Å². The number of hydrogen-bond donors (Lipinski definition) is 1. The van der Waals surface area contributed by atoms with E-state index in [4.69, 9.17) is 0 Å². The third-order valence-electron chi connectivity index (χ3n) is 1.88. The molecule has 1 N–H and O–H groups in total. The third-order valence-corrected chi connectivity index (χ3v) is 2.58. The molecule has 4 nitrogen and oxygen atoms in total. The Labute approximate surface area is 98.9 Å². The molecule has 0 aromatic carbocycles. The number of amides is 1. The molecule has 0 rings (SSSR count). The van der Waals surface area contributed by atoms with Crippen LogP contribution in [0, 0.1) is 5.92 Å². The van der Waals surface area contributed by atoms with E-state index in [0.29, 0.717) is 12.3 Å².